The molecule has 1 saturated heterocycles. The summed E-state index contributed by atoms with van der Waals surface area (Å²) in [6.45, 7) is 4.92. The van der Waals surface area contributed by atoms with Crippen LogP contribution in [0.1, 0.15) is 53.7 Å². The minimum Gasteiger partial charge on any atom is -0.343 e. The van der Waals surface area contributed by atoms with Crippen LogP contribution < -0.4 is 0 Å². The molecule has 25 heavy (non-hydrogen) atoms. The van der Waals surface area contributed by atoms with Crippen LogP contribution in [0.5, 0.6) is 0 Å². The highest BCUT2D eigenvalue weighted by Gasteiger charge is 2.29. The molecule has 0 amide bonds. The molecule has 2 aliphatic heterocycles. The lowest BCUT2D eigenvalue weighted by atomic mass is 9.92. The molecule has 3 aliphatic rings. The Kier molecular flexibility index (Phi) is 3.74. The maximum absolute atomic E-state index is 12.6. The van der Waals surface area contributed by atoms with E-state index < -0.39 is 0 Å². The second-order valence-electron chi connectivity index (χ2n) is 7.61. The standard InChI is InChI=1S/C21H25N3O/c25-19-14-22-16-7-5-9-18-21(16)20-15(19)6-4-8-17(20)24(18)13-12-23-10-2-1-3-11-23/h4,6,8H,1-3,5,7,9-14H2. The largest absolute Gasteiger partial charge is 0.343 e. The maximum atomic E-state index is 12.6. The number of likely N-dealkylation sites (tertiary alicyclic amines) is 1. The van der Waals surface area contributed by atoms with E-state index in [9.17, 15) is 4.79 Å². The van der Waals surface area contributed by atoms with Gasteiger partial charge >= 0.3 is 0 Å². The summed E-state index contributed by atoms with van der Waals surface area (Å²) in [6.07, 6.45) is 7.32. The summed E-state index contributed by atoms with van der Waals surface area (Å²) in [5.74, 6) is 0.170. The van der Waals surface area contributed by atoms with Crippen LogP contribution in [0.4, 0.5) is 0 Å². The quantitative estimate of drug-likeness (QED) is 0.861. The van der Waals surface area contributed by atoms with Crippen molar-refractivity contribution in [3.8, 4) is 0 Å². The van der Waals surface area contributed by atoms with E-state index in [4.69, 9.17) is 0 Å². The molecule has 0 atom stereocenters. The van der Waals surface area contributed by atoms with E-state index in [0.29, 0.717) is 6.54 Å². The molecule has 3 heterocycles. The number of ketones is 1. The first-order valence-corrected chi connectivity index (χ1v) is 9.76. The SMILES string of the molecule is O=C1CN=C2CCCc3c2c2c1cccc2n3CCN1CCCCC1. The Labute approximate surface area is 148 Å². The number of carbonyl (C=O) groups excluding carboxylic acids is 1. The summed E-state index contributed by atoms with van der Waals surface area (Å²) in [4.78, 5) is 19.9. The number of piperidine rings is 1. The van der Waals surface area contributed by atoms with Crippen molar-refractivity contribution in [2.75, 3.05) is 26.2 Å². The van der Waals surface area contributed by atoms with Gasteiger partial charge in [0.1, 0.15) is 6.54 Å². The Hall–Kier alpha value is -1.94. The molecule has 1 fully saturated rings. The van der Waals surface area contributed by atoms with Crippen LogP contribution in [0.25, 0.3) is 10.9 Å². The van der Waals surface area contributed by atoms with E-state index >= 15 is 0 Å². The molecule has 0 unspecified atom stereocenters. The number of Topliss-reactive ketones (excluding diaryl/α,β-unsaturated/α-hetero) is 1. The van der Waals surface area contributed by atoms with Crippen molar-refractivity contribution in [2.24, 2.45) is 4.99 Å². The Bertz CT molecular complexity index is 871. The maximum Gasteiger partial charge on any atom is 0.184 e. The zero-order valence-corrected chi connectivity index (χ0v) is 14.8. The Balaban J connectivity index is 1.61. The molecule has 130 valence electrons. The van der Waals surface area contributed by atoms with Crippen molar-refractivity contribution in [1.29, 1.82) is 0 Å². The van der Waals surface area contributed by atoms with Gasteiger partial charge in [-0.3, -0.25) is 9.79 Å². The van der Waals surface area contributed by atoms with Gasteiger partial charge in [-0.15, -0.1) is 0 Å². The van der Waals surface area contributed by atoms with Crippen LogP contribution in [0.3, 0.4) is 0 Å². The minimum atomic E-state index is 0.170. The van der Waals surface area contributed by atoms with E-state index in [2.05, 4.69) is 20.5 Å². The molecule has 1 aromatic heterocycles. The molecule has 1 aromatic carbocycles. The topological polar surface area (TPSA) is 37.6 Å². The van der Waals surface area contributed by atoms with Crippen molar-refractivity contribution < 1.29 is 4.79 Å². The molecule has 0 spiro atoms. The number of aromatic nitrogens is 1. The molecular formula is C21H25N3O. The minimum absolute atomic E-state index is 0.170. The van der Waals surface area contributed by atoms with E-state index in [1.54, 1.807) is 0 Å². The number of aliphatic imine (C=N–C) groups is 1. The predicted octanol–water partition coefficient (Wildman–Crippen LogP) is 3.45. The van der Waals surface area contributed by atoms with E-state index in [0.717, 1.165) is 37.9 Å². The number of hydrogen-bond acceptors (Lipinski definition) is 3. The van der Waals surface area contributed by atoms with Crippen LogP contribution in [-0.4, -0.2) is 47.1 Å². The lowest BCUT2D eigenvalue weighted by Gasteiger charge is -2.27. The number of rotatable bonds is 3. The fourth-order valence-electron chi connectivity index (χ4n) is 4.89. The molecule has 4 nitrogen and oxygen atoms in total. The van der Waals surface area contributed by atoms with Gasteiger partial charge in [-0.05, 0) is 51.3 Å². The number of benzene rings is 1. The van der Waals surface area contributed by atoms with Crippen molar-refractivity contribution in [3.63, 3.8) is 0 Å². The molecule has 1 aliphatic carbocycles. The molecule has 5 rings (SSSR count). The highest BCUT2D eigenvalue weighted by molar-refractivity contribution is 6.22. The van der Waals surface area contributed by atoms with E-state index in [1.807, 2.05) is 12.1 Å². The van der Waals surface area contributed by atoms with Crippen molar-refractivity contribution in [1.82, 2.24) is 9.47 Å². The second-order valence-corrected chi connectivity index (χ2v) is 7.61. The van der Waals surface area contributed by atoms with Crippen LogP contribution in [0, 0.1) is 0 Å². The number of nitrogens with zero attached hydrogens (tertiary/aromatic N) is 3. The van der Waals surface area contributed by atoms with Crippen molar-refractivity contribution in [3.05, 3.63) is 35.0 Å². The smallest absolute Gasteiger partial charge is 0.184 e. The van der Waals surface area contributed by atoms with E-state index in [1.165, 1.54) is 60.2 Å². The van der Waals surface area contributed by atoms with Crippen LogP contribution in [0.15, 0.2) is 23.2 Å². The third-order valence-corrected chi connectivity index (χ3v) is 6.12. The Morgan fingerprint density at radius 3 is 2.76 bits per heavy atom. The predicted molar refractivity (Wildman–Crippen MR) is 101 cm³/mol. The summed E-state index contributed by atoms with van der Waals surface area (Å²) in [5, 5.41) is 1.18. The fourth-order valence-corrected chi connectivity index (χ4v) is 4.89. The first-order chi connectivity index (χ1) is 12.3. The number of carbonyl (C=O) groups is 1. The third kappa shape index (κ3) is 2.46. The summed E-state index contributed by atoms with van der Waals surface area (Å²) < 4.78 is 2.50. The first-order valence-electron chi connectivity index (χ1n) is 9.76. The molecule has 0 N–H and O–H groups in total. The molecule has 4 heteroatoms. The van der Waals surface area contributed by atoms with Crippen molar-refractivity contribution in [2.45, 2.75) is 45.1 Å². The Morgan fingerprint density at radius 1 is 1.00 bits per heavy atom. The monoisotopic (exact) mass is 335 g/mol. The fraction of sp³-hybridized carbons (Fsp3) is 0.524. The van der Waals surface area contributed by atoms with Crippen LogP contribution in [-0.2, 0) is 13.0 Å². The normalized spacial score (nSPS) is 20.6. The van der Waals surface area contributed by atoms with Gasteiger partial charge in [0.05, 0.1) is 0 Å². The summed E-state index contributed by atoms with van der Waals surface area (Å²) in [7, 11) is 0. The van der Waals surface area contributed by atoms with Gasteiger partial charge in [-0.1, -0.05) is 18.6 Å². The zero-order chi connectivity index (χ0) is 16.8. The van der Waals surface area contributed by atoms with Gasteiger partial charge in [0.2, 0.25) is 0 Å². The first kappa shape index (κ1) is 15.3. The second kappa shape index (κ2) is 6.10. The molecule has 0 bridgehead atoms. The molecular weight excluding hydrogens is 310 g/mol. The van der Waals surface area contributed by atoms with Crippen LogP contribution in [0.2, 0.25) is 0 Å². The molecule has 0 radical (unpaired) electrons. The highest BCUT2D eigenvalue weighted by Crippen LogP contribution is 2.36. The lowest BCUT2D eigenvalue weighted by molar-refractivity contribution is 0.100. The summed E-state index contributed by atoms with van der Waals surface area (Å²) in [6, 6.07) is 6.24. The molecule has 0 saturated carbocycles. The van der Waals surface area contributed by atoms with Gasteiger partial charge in [-0.2, -0.15) is 0 Å². The van der Waals surface area contributed by atoms with Gasteiger partial charge in [0.15, 0.2) is 5.78 Å². The van der Waals surface area contributed by atoms with E-state index in [-0.39, 0.29) is 5.78 Å². The van der Waals surface area contributed by atoms with Crippen LogP contribution >= 0.6 is 0 Å². The third-order valence-electron chi connectivity index (χ3n) is 6.12. The molecule has 2 aromatic rings. The zero-order valence-electron chi connectivity index (χ0n) is 14.8. The van der Waals surface area contributed by atoms with Gasteiger partial charge in [0.25, 0.3) is 0 Å². The van der Waals surface area contributed by atoms with Crippen molar-refractivity contribution >= 4 is 22.4 Å². The highest BCUT2D eigenvalue weighted by atomic mass is 16.1. The van der Waals surface area contributed by atoms with Gasteiger partial charge in [0, 0.05) is 46.5 Å². The summed E-state index contributed by atoms with van der Waals surface area (Å²) >= 11 is 0. The number of hydrogen-bond donors (Lipinski definition) is 0. The summed E-state index contributed by atoms with van der Waals surface area (Å²) in [5.41, 5.74) is 6.00. The Morgan fingerprint density at radius 2 is 1.88 bits per heavy atom. The average molecular weight is 335 g/mol. The average Bonchev–Trinajstić information content (AvgIpc) is 2.91. The van der Waals surface area contributed by atoms with Gasteiger partial charge in [-0.25, -0.2) is 0 Å². The van der Waals surface area contributed by atoms with Gasteiger partial charge < -0.3 is 9.47 Å². The lowest BCUT2D eigenvalue weighted by Crippen LogP contribution is -2.33.